The first-order chi connectivity index (χ1) is 21.7. The Morgan fingerprint density at radius 2 is 0.477 bits per heavy atom. The SMILES string of the molecule is CCO[Si](CCCCCCCCCCCCCCCCCCCCCCCCCCCCCCCCCBr)(OCC)OCC. The minimum absolute atomic E-state index is 0.686. The molecule has 0 heterocycles. The molecule has 3 nitrogen and oxygen atoms in total. The van der Waals surface area contributed by atoms with Crippen LogP contribution in [0.4, 0.5) is 0 Å². The maximum absolute atomic E-state index is 5.97. The third kappa shape index (κ3) is 32.5. The van der Waals surface area contributed by atoms with E-state index in [1.54, 1.807) is 0 Å². The Bertz CT molecular complexity index is 505. The molecular weight excluding hydrogens is 624 g/mol. The molecule has 0 aliphatic heterocycles. The van der Waals surface area contributed by atoms with Gasteiger partial charge in [0.2, 0.25) is 0 Å². The second-order valence-electron chi connectivity index (χ2n) is 13.4. The Kier molecular flexibility index (Phi) is 38.5. The van der Waals surface area contributed by atoms with E-state index in [0.29, 0.717) is 19.8 Å². The van der Waals surface area contributed by atoms with Crippen molar-refractivity contribution in [2.24, 2.45) is 0 Å². The van der Waals surface area contributed by atoms with E-state index >= 15 is 0 Å². The summed E-state index contributed by atoms with van der Waals surface area (Å²) < 4.78 is 17.9. The van der Waals surface area contributed by atoms with Crippen LogP contribution in [0.15, 0.2) is 0 Å². The zero-order valence-electron chi connectivity index (χ0n) is 30.6. The van der Waals surface area contributed by atoms with Crippen LogP contribution in [0.3, 0.4) is 0 Å². The van der Waals surface area contributed by atoms with E-state index in [1.807, 2.05) is 20.8 Å². The van der Waals surface area contributed by atoms with Crippen LogP contribution in [0.1, 0.15) is 220 Å². The van der Waals surface area contributed by atoms with E-state index in [4.69, 9.17) is 13.3 Å². The molecule has 0 fully saturated rings. The average molecular weight is 706 g/mol. The van der Waals surface area contributed by atoms with Gasteiger partial charge < -0.3 is 13.3 Å². The largest absolute Gasteiger partial charge is 0.500 e. The van der Waals surface area contributed by atoms with Crippen molar-refractivity contribution in [3.8, 4) is 0 Å². The van der Waals surface area contributed by atoms with Crippen molar-refractivity contribution < 1.29 is 13.3 Å². The van der Waals surface area contributed by atoms with Gasteiger partial charge in [-0.1, -0.05) is 202 Å². The van der Waals surface area contributed by atoms with Crippen molar-refractivity contribution in [1.29, 1.82) is 0 Å². The molecule has 0 rings (SSSR count). The molecule has 266 valence electrons. The predicted molar refractivity (Wildman–Crippen MR) is 202 cm³/mol. The third-order valence-corrected chi connectivity index (χ3v) is 12.9. The summed E-state index contributed by atoms with van der Waals surface area (Å²) in [6, 6.07) is 0.974. The summed E-state index contributed by atoms with van der Waals surface area (Å²) in [5, 5.41) is 1.18. The monoisotopic (exact) mass is 705 g/mol. The maximum Gasteiger partial charge on any atom is 0.500 e. The minimum atomic E-state index is -2.42. The van der Waals surface area contributed by atoms with Crippen LogP contribution in [0.5, 0.6) is 0 Å². The topological polar surface area (TPSA) is 27.7 Å². The molecule has 0 N–H and O–H groups in total. The van der Waals surface area contributed by atoms with Crippen LogP contribution in [-0.4, -0.2) is 34.0 Å². The highest BCUT2D eigenvalue weighted by molar-refractivity contribution is 9.09. The van der Waals surface area contributed by atoms with Gasteiger partial charge in [-0.3, -0.25) is 0 Å². The van der Waals surface area contributed by atoms with Gasteiger partial charge in [-0.25, -0.2) is 0 Å². The summed E-state index contributed by atoms with van der Waals surface area (Å²) in [6.07, 6.45) is 44.6. The van der Waals surface area contributed by atoms with Gasteiger partial charge in [-0.15, -0.1) is 0 Å². The van der Waals surface area contributed by atoms with Gasteiger partial charge in [0.1, 0.15) is 0 Å². The molecule has 0 atom stereocenters. The van der Waals surface area contributed by atoms with E-state index in [9.17, 15) is 0 Å². The van der Waals surface area contributed by atoms with Crippen molar-refractivity contribution in [2.45, 2.75) is 226 Å². The minimum Gasteiger partial charge on any atom is -0.374 e. The molecule has 0 saturated heterocycles. The number of halogens is 1. The van der Waals surface area contributed by atoms with Gasteiger partial charge >= 0.3 is 8.80 Å². The molecule has 0 unspecified atom stereocenters. The molecule has 0 aromatic heterocycles. The molecule has 0 aliphatic rings. The van der Waals surface area contributed by atoms with Gasteiger partial charge in [0, 0.05) is 31.2 Å². The highest BCUT2D eigenvalue weighted by Crippen LogP contribution is 2.21. The van der Waals surface area contributed by atoms with Gasteiger partial charge in [-0.2, -0.15) is 0 Å². The lowest BCUT2D eigenvalue weighted by atomic mass is 10.0. The van der Waals surface area contributed by atoms with Crippen LogP contribution < -0.4 is 0 Å². The second kappa shape index (κ2) is 38.0. The van der Waals surface area contributed by atoms with E-state index in [-0.39, 0.29) is 0 Å². The summed E-state index contributed by atoms with van der Waals surface area (Å²) in [6.45, 7) is 8.19. The van der Waals surface area contributed by atoms with Crippen LogP contribution >= 0.6 is 15.9 Å². The molecule has 0 saturated carbocycles. The summed E-state index contributed by atoms with van der Waals surface area (Å²) in [5.41, 5.74) is 0. The molecule has 0 aromatic rings. The number of hydrogen-bond donors (Lipinski definition) is 0. The fourth-order valence-electron chi connectivity index (χ4n) is 6.56. The van der Waals surface area contributed by atoms with Crippen molar-refractivity contribution in [3.63, 3.8) is 0 Å². The van der Waals surface area contributed by atoms with Crippen molar-refractivity contribution in [3.05, 3.63) is 0 Å². The first kappa shape index (κ1) is 44.6. The molecule has 0 radical (unpaired) electrons. The molecule has 0 bridgehead atoms. The molecule has 0 spiro atoms. The summed E-state index contributed by atoms with van der Waals surface area (Å²) in [7, 11) is -2.42. The lowest BCUT2D eigenvalue weighted by Gasteiger charge is -2.28. The Labute approximate surface area is 288 Å². The highest BCUT2D eigenvalue weighted by atomic mass is 79.9. The van der Waals surface area contributed by atoms with Crippen LogP contribution in [-0.2, 0) is 13.3 Å². The molecule has 0 aromatic carbocycles. The summed E-state index contributed by atoms with van der Waals surface area (Å²) in [4.78, 5) is 0. The Morgan fingerprint density at radius 1 is 0.295 bits per heavy atom. The van der Waals surface area contributed by atoms with Gasteiger partial charge in [-0.05, 0) is 33.6 Å². The van der Waals surface area contributed by atoms with E-state index in [0.717, 1.165) is 6.04 Å². The van der Waals surface area contributed by atoms with Crippen LogP contribution in [0, 0.1) is 0 Å². The fraction of sp³-hybridized carbons (Fsp3) is 1.00. The lowest BCUT2D eigenvalue weighted by molar-refractivity contribution is 0.0706. The first-order valence-electron chi connectivity index (χ1n) is 20.2. The molecule has 44 heavy (non-hydrogen) atoms. The molecule has 5 heteroatoms. The molecular formula is C39H81BrO3Si. The van der Waals surface area contributed by atoms with Crippen LogP contribution in [0.2, 0.25) is 6.04 Å². The number of rotatable bonds is 39. The van der Waals surface area contributed by atoms with Crippen LogP contribution in [0.25, 0.3) is 0 Å². The maximum atomic E-state index is 5.97. The predicted octanol–water partition coefficient (Wildman–Crippen LogP) is 14.5. The molecule has 0 aliphatic carbocycles. The van der Waals surface area contributed by atoms with Crippen molar-refractivity contribution in [1.82, 2.24) is 0 Å². The Hall–Kier alpha value is 0.577. The summed E-state index contributed by atoms with van der Waals surface area (Å²) in [5.74, 6) is 0. The Balaban J connectivity index is 3.23. The first-order valence-corrected chi connectivity index (χ1v) is 23.3. The van der Waals surface area contributed by atoms with Crippen molar-refractivity contribution in [2.75, 3.05) is 25.2 Å². The standard InChI is InChI=1S/C39H81BrO3Si/c1-4-41-44(42-5-2,43-6-3)39-37-35-33-31-29-27-25-23-21-19-17-15-13-11-9-7-8-10-12-14-16-18-20-22-24-26-28-30-32-34-36-38-40/h4-39H2,1-3H3. The molecule has 0 amide bonds. The smallest absolute Gasteiger partial charge is 0.374 e. The third-order valence-electron chi connectivity index (χ3n) is 9.21. The number of hydrogen-bond acceptors (Lipinski definition) is 3. The lowest BCUT2D eigenvalue weighted by Crippen LogP contribution is -2.45. The second-order valence-corrected chi connectivity index (χ2v) is 16.9. The quantitative estimate of drug-likeness (QED) is 0.0362. The zero-order valence-corrected chi connectivity index (χ0v) is 33.1. The number of unbranched alkanes of at least 4 members (excludes halogenated alkanes) is 30. The van der Waals surface area contributed by atoms with Gasteiger partial charge in [0.15, 0.2) is 0 Å². The highest BCUT2D eigenvalue weighted by Gasteiger charge is 2.39. The zero-order chi connectivity index (χ0) is 32.1. The van der Waals surface area contributed by atoms with E-state index in [1.165, 1.54) is 204 Å². The summed E-state index contributed by atoms with van der Waals surface area (Å²) >= 11 is 3.52. The number of alkyl halides is 1. The van der Waals surface area contributed by atoms with E-state index in [2.05, 4.69) is 15.9 Å². The normalized spacial score (nSPS) is 12.0. The fourth-order valence-corrected chi connectivity index (χ4v) is 9.65. The average Bonchev–Trinajstić information content (AvgIpc) is 3.02. The van der Waals surface area contributed by atoms with E-state index < -0.39 is 8.80 Å². The van der Waals surface area contributed by atoms with Crippen molar-refractivity contribution >= 4 is 24.7 Å². The van der Waals surface area contributed by atoms with Gasteiger partial charge in [0.25, 0.3) is 0 Å². The Morgan fingerprint density at radius 3 is 0.659 bits per heavy atom. The van der Waals surface area contributed by atoms with Gasteiger partial charge in [0.05, 0.1) is 0 Å².